The molecule has 0 unspecified atom stereocenters. The number of thiophene rings is 2. The average Bonchev–Trinajstić information content (AvgIpc) is 3.07. The van der Waals surface area contributed by atoms with Gasteiger partial charge in [0.2, 0.25) is 0 Å². The van der Waals surface area contributed by atoms with Gasteiger partial charge in [-0.3, -0.25) is 4.79 Å². The van der Waals surface area contributed by atoms with E-state index in [1.54, 1.807) is 22.7 Å². The first-order chi connectivity index (χ1) is 9.33. The highest BCUT2D eigenvalue weighted by Crippen LogP contribution is 2.28. The lowest BCUT2D eigenvalue weighted by Gasteiger charge is -2.15. The van der Waals surface area contributed by atoms with Crippen molar-refractivity contribution in [1.29, 1.82) is 0 Å². The van der Waals surface area contributed by atoms with Crippen molar-refractivity contribution in [3.8, 4) is 0 Å². The summed E-state index contributed by atoms with van der Waals surface area (Å²) >= 11 is 5.15. The second-order valence-corrected chi connectivity index (χ2v) is 7.14. The fourth-order valence-corrected chi connectivity index (χ4v) is 4.25. The first-order valence-corrected chi connectivity index (χ1v) is 8.85. The monoisotopic (exact) mass is 304 g/mol. The quantitative estimate of drug-likeness (QED) is 0.755. The van der Waals surface area contributed by atoms with Gasteiger partial charge < -0.3 is 0 Å². The molecule has 2 aromatic rings. The maximum absolute atomic E-state index is 12.4. The van der Waals surface area contributed by atoms with Crippen LogP contribution in [0.3, 0.4) is 0 Å². The maximum atomic E-state index is 12.4. The fourth-order valence-electron chi connectivity index (χ4n) is 1.91. The van der Waals surface area contributed by atoms with Gasteiger partial charge in [0, 0.05) is 32.4 Å². The zero-order chi connectivity index (χ0) is 13.1. The van der Waals surface area contributed by atoms with Crippen LogP contribution in [0.5, 0.6) is 0 Å². The fraction of sp³-hybridized carbons (Fsp3) is 0.133. The van der Waals surface area contributed by atoms with Crippen LogP contribution in [0.25, 0.3) is 12.2 Å². The van der Waals surface area contributed by atoms with Crippen LogP contribution in [-0.4, -0.2) is 17.3 Å². The molecule has 3 rings (SSSR count). The lowest BCUT2D eigenvalue weighted by atomic mass is 10.0. The molecule has 0 N–H and O–H groups in total. The number of rotatable bonds is 2. The highest BCUT2D eigenvalue weighted by molar-refractivity contribution is 7.99. The van der Waals surface area contributed by atoms with Gasteiger partial charge in [0.25, 0.3) is 0 Å². The Labute approximate surface area is 124 Å². The van der Waals surface area contributed by atoms with Gasteiger partial charge in [-0.1, -0.05) is 12.1 Å². The minimum Gasteiger partial charge on any atom is -0.289 e. The Morgan fingerprint density at radius 3 is 1.84 bits per heavy atom. The van der Waals surface area contributed by atoms with E-state index < -0.39 is 0 Å². The molecule has 0 amide bonds. The third kappa shape index (κ3) is 3.08. The van der Waals surface area contributed by atoms with Crippen LogP contribution in [-0.2, 0) is 4.79 Å². The highest BCUT2D eigenvalue weighted by atomic mass is 32.2. The Morgan fingerprint density at radius 2 is 1.42 bits per heavy atom. The molecule has 0 atom stereocenters. The molecule has 0 spiro atoms. The number of thioether (sulfide) groups is 1. The van der Waals surface area contributed by atoms with E-state index in [2.05, 4.69) is 0 Å². The molecule has 0 aromatic carbocycles. The molecule has 0 radical (unpaired) electrons. The zero-order valence-electron chi connectivity index (χ0n) is 10.2. The van der Waals surface area contributed by atoms with Crippen molar-refractivity contribution in [2.45, 2.75) is 0 Å². The van der Waals surface area contributed by atoms with E-state index in [9.17, 15) is 4.79 Å². The molecule has 3 heterocycles. The first kappa shape index (κ1) is 12.9. The number of carbonyl (C=O) groups excluding carboxylic acids is 1. The van der Waals surface area contributed by atoms with Crippen LogP contribution in [0.4, 0.5) is 0 Å². The van der Waals surface area contributed by atoms with Crippen molar-refractivity contribution >= 4 is 52.4 Å². The van der Waals surface area contributed by atoms with Crippen LogP contribution < -0.4 is 0 Å². The molecular weight excluding hydrogens is 292 g/mol. The minimum atomic E-state index is 0.209. The topological polar surface area (TPSA) is 17.1 Å². The molecule has 1 aliphatic heterocycles. The summed E-state index contributed by atoms with van der Waals surface area (Å²) in [6.45, 7) is 0. The molecule has 1 saturated heterocycles. The Hall–Kier alpha value is -1.10. The summed E-state index contributed by atoms with van der Waals surface area (Å²) in [4.78, 5) is 14.7. The molecule has 0 aliphatic carbocycles. The second kappa shape index (κ2) is 5.90. The highest BCUT2D eigenvalue weighted by Gasteiger charge is 2.21. The van der Waals surface area contributed by atoms with Gasteiger partial charge in [-0.2, -0.15) is 11.8 Å². The van der Waals surface area contributed by atoms with Crippen molar-refractivity contribution in [2.75, 3.05) is 11.5 Å². The molecule has 96 valence electrons. The Bertz CT molecular complexity index is 564. The van der Waals surface area contributed by atoms with Gasteiger partial charge in [0.1, 0.15) is 0 Å². The number of hydrogen-bond acceptors (Lipinski definition) is 4. The largest absolute Gasteiger partial charge is 0.289 e. The smallest absolute Gasteiger partial charge is 0.186 e. The molecule has 0 saturated carbocycles. The summed E-state index contributed by atoms with van der Waals surface area (Å²) in [6.07, 6.45) is 4.06. The Kier molecular flexibility index (Phi) is 4.01. The van der Waals surface area contributed by atoms with Crippen LogP contribution in [0.2, 0.25) is 0 Å². The summed E-state index contributed by atoms with van der Waals surface area (Å²) in [7, 11) is 0. The third-order valence-electron chi connectivity index (χ3n) is 2.82. The van der Waals surface area contributed by atoms with E-state index >= 15 is 0 Å². The summed E-state index contributed by atoms with van der Waals surface area (Å²) in [5, 5.41) is 4.07. The summed E-state index contributed by atoms with van der Waals surface area (Å²) in [5.41, 5.74) is 1.84. The zero-order valence-corrected chi connectivity index (χ0v) is 12.6. The second-order valence-electron chi connectivity index (χ2n) is 4.19. The number of carbonyl (C=O) groups is 1. The van der Waals surface area contributed by atoms with E-state index in [1.165, 1.54) is 0 Å². The Morgan fingerprint density at radius 1 is 0.895 bits per heavy atom. The van der Waals surface area contributed by atoms with E-state index in [-0.39, 0.29) is 5.78 Å². The minimum absolute atomic E-state index is 0.209. The summed E-state index contributed by atoms with van der Waals surface area (Å²) in [6, 6.07) is 8.12. The lowest BCUT2D eigenvalue weighted by molar-refractivity contribution is -0.112. The van der Waals surface area contributed by atoms with Crippen molar-refractivity contribution in [3.63, 3.8) is 0 Å². The van der Waals surface area contributed by atoms with Crippen LogP contribution in [0.1, 0.15) is 9.75 Å². The van der Waals surface area contributed by atoms with Crippen LogP contribution in [0, 0.1) is 0 Å². The van der Waals surface area contributed by atoms with Crippen molar-refractivity contribution in [1.82, 2.24) is 0 Å². The summed E-state index contributed by atoms with van der Waals surface area (Å²) in [5.74, 6) is 1.84. The first-order valence-electron chi connectivity index (χ1n) is 5.93. The van der Waals surface area contributed by atoms with Crippen molar-refractivity contribution < 1.29 is 4.79 Å². The van der Waals surface area contributed by atoms with Gasteiger partial charge in [-0.25, -0.2) is 0 Å². The van der Waals surface area contributed by atoms with E-state index in [0.717, 1.165) is 32.4 Å². The molecule has 1 nitrogen and oxygen atoms in total. The molecule has 1 fully saturated rings. The van der Waals surface area contributed by atoms with E-state index in [0.29, 0.717) is 0 Å². The Balaban J connectivity index is 1.87. The predicted octanol–water partition coefficient (Wildman–Crippen LogP) is 4.59. The predicted molar refractivity (Wildman–Crippen MR) is 86.9 cm³/mol. The van der Waals surface area contributed by atoms with Gasteiger partial charge >= 0.3 is 0 Å². The molecule has 4 heteroatoms. The normalized spacial score (nSPS) is 20.3. The van der Waals surface area contributed by atoms with Crippen molar-refractivity contribution in [3.05, 3.63) is 55.9 Å². The van der Waals surface area contributed by atoms with Crippen LogP contribution >= 0.6 is 34.4 Å². The average molecular weight is 304 g/mol. The SMILES string of the molecule is O=C1/C(=C/c2cccs2)CSC/C1=C/c1cccs1. The molecule has 19 heavy (non-hydrogen) atoms. The number of hydrogen-bond donors (Lipinski definition) is 0. The number of ketones is 1. The molecule has 0 bridgehead atoms. The number of Topliss-reactive ketones (excluding diaryl/α,β-unsaturated/α-hetero) is 1. The maximum Gasteiger partial charge on any atom is 0.186 e. The summed E-state index contributed by atoms with van der Waals surface area (Å²) < 4.78 is 0. The lowest BCUT2D eigenvalue weighted by Crippen LogP contribution is -2.15. The van der Waals surface area contributed by atoms with Crippen LogP contribution in [0.15, 0.2) is 46.2 Å². The van der Waals surface area contributed by atoms with Crippen molar-refractivity contribution in [2.24, 2.45) is 0 Å². The van der Waals surface area contributed by atoms with E-state index in [4.69, 9.17) is 0 Å². The standard InChI is InChI=1S/C15H12OS3/c16-15-11(7-13-3-1-5-18-13)9-17-10-12(15)8-14-4-2-6-19-14/h1-8H,9-10H2/b11-7-,12-8+. The van der Waals surface area contributed by atoms with Gasteiger partial charge in [-0.05, 0) is 35.0 Å². The molecular formula is C15H12OS3. The van der Waals surface area contributed by atoms with Gasteiger partial charge in [0.05, 0.1) is 0 Å². The van der Waals surface area contributed by atoms with Gasteiger partial charge in [0.15, 0.2) is 5.78 Å². The molecule has 2 aromatic heterocycles. The van der Waals surface area contributed by atoms with E-state index in [1.807, 2.05) is 58.9 Å². The molecule has 1 aliphatic rings. The van der Waals surface area contributed by atoms with Gasteiger partial charge in [-0.15, -0.1) is 22.7 Å². The third-order valence-corrected chi connectivity index (χ3v) is 5.49.